The van der Waals surface area contributed by atoms with E-state index in [4.69, 9.17) is 4.43 Å². The molecule has 1 N–H and O–H groups in total. The Labute approximate surface area is 209 Å². The number of nitrogens with zero attached hydrogens (tertiary/aromatic N) is 3. The molecule has 3 aromatic rings. The Bertz CT molecular complexity index is 1250. The summed E-state index contributed by atoms with van der Waals surface area (Å²) in [7, 11) is -1.82. The van der Waals surface area contributed by atoms with E-state index in [-0.39, 0.29) is 16.4 Å². The fourth-order valence-corrected chi connectivity index (χ4v) is 4.01. The Morgan fingerprint density at radius 1 is 1.15 bits per heavy atom. The molecule has 0 radical (unpaired) electrons. The Morgan fingerprint density at radius 3 is 2.50 bits per heavy atom. The van der Waals surface area contributed by atoms with E-state index in [1.54, 1.807) is 18.3 Å². The number of hydrogen-bond acceptors (Lipinski definition) is 6. The number of benzene rings is 1. The molecule has 1 aromatic carbocycles. The molecule has 0 unspecified atom stereocenters. The smallest absolute Gasteiger partial charge is 0.379 e. The van der Waals surface area contributed by atoms with Gasteiger partial charge in [0.2, 0.25) is 0 Å². The number of anilines is 2. The molecule has 0 aliphatic rings. The molecule has 3 rings (SSSR count). The lowest BCUT2D eigenvalue weighted by Gasteiger charge is -2.36. The van der Waals surface area contributed by atoms with E-state index in [0.29, 0.717) is 18.0 Å². The van der Waals surface area contributed by atoms with E-state index in [0.717, 1.165) is 15.7 Å². The largest absolute Gasteiger partial charge is 0.413 e. The van der Waals surface area contributed by atoms with Gasteiger partial charge in [0.25, 0.3) is 0 Å². The van der Waals surface area contributed by atoms with E-state index in [1.807, 2.05) is 30.3 Å². The van der Waals surface area contributed by atoms with Crippen LogP contribution in [0.15, 0.2) is 59.3 Å². The van der Waals surface area contributed by atoms with Crippen molar-refractivity contribution in [2.75, 3.05) is 5.32 Å². The third kappa shape index (κ3) is 6.50. The third-order valence-electron chi connectivity index (χ3n) is 5.77. The maximum absolute atomic E-state index is 11.2. The predicted octanol–water partition coefficient (Wildman–Crippen LogP) is 6.81. The van der Waals surface area contributed by atoms with Gasteiger partial charge < -0.3 is 19.9 Å². The molecular formula is C25H27BrN4O3Si. The number of hydrogen-bond donors (Lipinski definition) is 1. The van der Waals surface area contributed by atoms with Gasteiger partial charge in [0, 0.05) is 16.4 Å². The van der Waals surface area contributed by atoms with Crippen LogP contribution in [-0.4, -0.2) is 23.2 Å². The number of rotatable bonds is 6. The van der Waals surface area contributed by atoms with Gasteiger partial charge in [-0.1, -0.05) is 38.8 Å². The normalized spacial score (nSPS) is 11.5. The highest BCUT2D eigenvalue weighted by Crippen LogP contribution is 2.37. The molecule has 0 atom stereocenters. The summed E-state index contributed by atoms with van der Waals surface area (Å²) in [6.45, 7) is 11.7. The molecule has 0 saturated carbocycles. The van der Waals surface area contributed by atoms with Crippen molar-refractivity contribution in [3.05, 3.63) is 86.3 Å². The molecule has 0 amide bonds. The molecule has 0 aliphatic heterocycles. The lowest BCUT2D eigenvalue weighted by Crippen LogP contribution is -2.40. The van der Waals surface area contributed by atoms with Crippen molar-refractivity contribution < 1.29 is 9.35 Å². The van der Waals surface area contributed by atoms with E-state index in [2.05, 4.69) is 76.9 Å². The van der Waals surface area contributed by atoms with Crippen LogP contribution in [0.1, 0.15) is 37.6 Å². The molecule has 0 fully saturated rings. The summed E-state index contributed by atoms with van der Waals surface area (Å²) in [6.07, 6.45) is 3.00. The second kappa shape index (κ2) is 10.5. The summed E-state index contributed by atoms with van der Waals surface area (Å²) >= 11 is 3.44. The lowest BCUT2D eigenvalue weighted by atomic mass is 10.2. The summed E-state index contributed by atoms with van der Waals surface area (Å²) in [5, 5.41) is 14.7. The SMILES string of the molecule is CC(C)(C)[Si](C)(C)OCc1ccc(Nc2cc(Br)cnc2C#Cc2cccnc2[N+](=O)[O-])cc1. The van der Waals surface area contributed by atoms with Crippen LogP contribution in [0, 0.1) is 22.0 Å². The van der Waals surface area contributed by atoms with Gasteiger partial charge in [0.15, 0.2) is 8.32 Å². The van der Waals surface area contributed by atoms with Crippen molar-refractivity contribution >= 4 is 41.4 Å². The second-order valence-electron chi connectivity index (χ2n) is 9.30. The van der Waals surface area contributed by atoms with Crippen LogP contribution in [0.3, 0.4) is 0 Å². The zero-order chi connectivity index (χ0) is 24.9. The molecule has 2 aromatic heterocycles. The van der Waals surface area contributed by atoms with Gasteiger partial charge in [-0.25, -0.2) is 4.98 Å². The number of aromatic nitrogens is 2. The van der Waals surface area contributed by atoms with Crippen LogP contribution in [0.2, 0.25) is 18.1 Å². The average molecular weight is 540 g/mol. The Hall–Kier alpha value is -3.06. The van der Waals surface area contributed by atoms with Gasteiger partial charge in [0.1, 0.15) is 17.5 Å². The van der Waals surface area contributed by atoms with Crippen molar-refractivity contribution in [1.82, 2.24) is 9.97 Å². The molecule has 2 heterocycles. The predicted molar refractivity (Wildman–Crippen MR) is 141 cm³/mol. The second-order valence-corrected chi connectivity index (χ2v) is 15.0. The fraction of sp³-hybridized carbons (Fsp3) is 0.280. The van der Waals surface area contributed by atoms with Crippen molar-refractivity contribution in [3.63, 3.8) is 0 Å². The Morgan fingerprint density at radius 2 is 1.85 bits per heavy atom. The highest BCUT2D eigenvalue weighted by Gasteiger charge is 2.36. The fourth-order valence-electron chi connectivity index (χ4n) is 2.72. The minimum absolute atomic E-state index is 0.163. The molecule has 9 heteroatoms. The number of halogens is 1. The zero-order valence-electron chi connectivity index (χ0n) is 19.8. The van der Waals surface area contributed by atoms with Crippen LogP contribution in [0.5, 0.6) is 0 Å². The van der Waals surface area contributed by atoms with E-state index >= 15 is 0 Å². The first-order chi connectivity index (χ1) is 16.0. The summed E-state index contributed by atoms with van der Waals surface area (Å²) < 4.78 is 7.09. The quantitative estimate of drug-likeness (QED) is 0.160. The molecule has 176 valence electrons. The Balaban J connectivity index is 1.79. The summed E-state index contributed by atoms with van der Waals surface area (Å²) in [5.41, 5.74) is 3.35. The number of nitrogens with one attached hydrogen (secondary N) is 1. The monoisotopic (exact) mass is 538 g/mol. The van der Waals surface area contributed by atoms with E-state index < -0.39 is 13.2 Å². The first kappa shape index (κ1) is 25.6. The minimum atomic E-state index is -1.82. The van der Waals surface area contributed by atoms with Gasteiger partial charge in [-0.2, -0.15) is 0 Å². The third-order valence-corrected chi connectivity index (χ3v) is 10.7. The first-order valence-electron chi connectivity index (χ1n) is 10.7. The lowest BCUT2D eigenvalue weighted by molar-refractivity contribution is -0.389. The average Bonchev–Trinajstić information content (AvgIpc) is 2.77. The maximum Gasteiger partial charge on any atom is 0.379 e. The standard InChI is InChI=1S/C25H27BrN4O3Si/c1-25(2,3)34(4,5)33-17-18-8-11-21(12-9-18)29-23-15-20(26)16-28-22(23)13-10-19-7-6-14-27-24(19)30(31)32/h6-9,11-12,14-16,29H,17H2,1-5H3. The van der Waals surface area contributed by atoms with Gasteiger partial charge in [-0.3, -0.25) is 0 Å². The topological polar surface area (TPSA) is 90.2 Å². The van der Waals surface area contributed by atoms with Crippen LogP contribution in [0.25, 0.3) is 0 Å². The van der Waals surface area contributed by atoms with Crippen LogP contribution in [-0.2, 0) is 11.0 Å². The van der Waals surface area contributed by atoms with Crippen molar-refractivity contribution in [2.45, 2.75) is 45.5 Å². The van der Waals surface area contributed by atoms with Gasteiger partial charge in [-0.15, -0.1) is 0 Å². The number of pyridine rings is 2. The van der Waals surface area contributed by atoms with Crippen LogP contribution in [0.4, 0.5) is 17.2 Å². The van der Waals surface area contributed by atoms with Gasteiger partial charge in [-0.05, 0) is 85.8 Å². The van der Waals surface area contributed by atoms with Crippen molar-refractivity contribution in [3.8, 4) is 11.8 Å². The van der Waals surface area contributed by atoms with E-state index in [9.17, 15) is 10.1 Å². The van der Waals surface area contributed by atoms with Gasteiger partial charge >= 0.3 is 5.82 Å². The molecule has 0 bridgehead atoms. The summed E-state index contributed by atoms with van der Waals surface area (Å²) in [5.74, 6) is 5.47. The number of nitro groups is 1. The van der Waals surface area contributed by atoms with Crippen molar-refractivity contribution in [2.24, 2.45) is 0 Å². The molecule has 0 spiro atoms. The van der Waals surface area contributed by atoms with Crippen LogP contribution >= 0.6 is 15.9 Å². The highest BCUT2D eigenvalue weighted by atomic mass is 79.9. The highest BCUT2D eigenvalue weighted by molar-refractivity contribution is 9.10. The minimum Gasteiger partial charge on any atom is -0.413 e. The van der Waals surface area contributed by atoms with Gasteiger partial charge in [0.05, 0.1) is 12.3 Å². The van der Waals surface area contributed by atoms with Crippen molar-refractivity contribution in [1.29, 1.82) is 0 Å². The molecule has 0 saturated heterocycles. The first-order valence-corrected chi connectivity index (χ1v) is 14.4. The molecule has 7 nitrogen and oxygen atoms in total. The summed E-state index contributed by atoms with van der Waals surface area (Å²) in [4.78, 5) is 18.8. The van der Waals surface area contributed by atoms with Crippen LogP contribution < -0.4 is 5.32 Å². The van der Waals surface area contributed by atoms with E-state index in [1.165, 1.54) is 6.20 Å². The maximum atomic E-state index is 11.2. The molecule has 0 aliphatic carbocycles. The molecule has 34 heavy (non-hydrogen) atoms. The summed E-state index contributed by atoms with van der Waals surface area (Å²) in [6, 6.07) is 13.1. The zero-order valence-corrected chi connectivity index (χ0v) is 22.4. The molecular weight excluding hydrogens is 512 g/mol. The Kier molecular flexibility index (Phi) is 7.87.